The van der Waals surface area contributed by atoms with Crippen LogP contribution >= 0.6 is 22.7 Å². The van der Waals surface area contributed by atoms with Gasteiger partial charge in [-0.3, -0.25) is 4.79 Å². The summed E-state index contributed by atoms with van der Waals surface area (Å²) in [4.78, 5) is 17.5. The van der Waals surface area contributed by atoms with Gasteiger partial charge in [-0.15, -0.1) is 11.3 Å². The molecular formula is C19H21N3O3S3. The van der Waals surface area contributed by atoms with E-state index in [1.54, 1.807) is 17.5 Å². The van der Waals surface area contributed by atoms with Gasteiger partial charge in [-0.05, 0) is 55.3 Å². The van der Waals surface area contributed by atoms with E-state index < -0.39 is 16.1 Å². The Morgan fingerprint density at radius 2 is 2.11 bits per heavy atom. The van der Waals surface area contributed by atoms with Crippen LogP contribution in [-0.2, 0) is 14.8 Å². The summed E-state index contributed by atoms with van der Waals surface area (Å²) >= 11 is 2.59. The number of carbonyl (C=O) groups is 1. The van der Waals surface area contributed by atoms with Gasteiger partial charge in [0.1, 0.15) is 10.3 Å². The van der Waals surface area contributed by atoms with Crippen molar-refractivity contribution in [1.29, 1.82) is 0 Å². The zero-order valence-electron chi connectivity index (χ0n) is 15.6. The van der Waals surface area contributed by atoms with E-state index in [1.807, 2.05) is 19.9 Å². The lowest BCUT2D eigenvalue weighted by atomic mass is 10.0. The Morgan fingerprint density at radius 1 is 1.29 bits per heavy atom. The molecule has 0 aliphatic carbocycles. The van der Waals surface area contributed by atoms with Crippen LogP contribution in [0.1, 0.15) is 30.4 Å². The third kappa shape index (κ3) is 3.59. The van der Waals surface area contributed by atoms with Crippen molar-refractivity contribution in [3.8, 4) is 0 Å². The molecule has 0 radical (unpaired) electrons. The van der Waals surface area contributed by atoms with Crippen LogP contribution in [-0.4, -0.2) is 36.2 Å². The Hall–Kier alpha value is -1.81. The highest BCUT2D eigenvalue weighted by Gasteiger charge is 2.38. The zero-order valence-corrected chi connectivity index (χ0v) is 18.1. The average molecular weight is 436 g/mol. The van der Waals surface area contributed by atoms with E-state index in [2.05, 4.69) is 16.4 Å². The molecule has 148 valence electrons. The van der Waals surface area contributed by atoms with Crippen molar-refractivity contribution >= 4 is 54.0 Å². The molecule has 1 amide bonds. The summed E-state index contributed by atoms with van der Waals surface area (Å²) in [5, 5.41) is 5.10. The van der Waals surface area contributed by atoms with Crippen LogP contribution in [0.4, 0.5) is 5.13 Å². The molecule has 1 fully saturated rings. The highest BCUT2D eigenvalue weighted by atomic mass is 32.2. The first-order chi connectivity index (χ1) is 13.4. The second-order valence-corrected chi connectivity index (χ2v) is 11.1. The summed E-state index contributed by atoms with van der Waals surface area (Å²) in [7, 11) is -3.67. The minimum Gasteiger partial charge on any atom is -0.301 e. The van der Waals surface area contributed by atoms with Crippen LogP contribution in [0.15, 0.2) is 33.9 Å². The molecule has 4 rings (SSSR count). The molecule has 1 saturated heterocycles. The lowest BCUT2D eigenvalue weighted by Crippen LogP contribution is -2.49. The van der Waals surface area contributed by atoms with Crippen molar-refractivity contribution in [2.24, 2.45) is 0 Å². The zero-order chi connectivity index (χ0) is 19.9. The van der Waals surface area contributed by atoms with Gasteiger partial charge in [-0.2, -0.15) is 4.31 Å². The number of hydrogen-bond donors (Lipinski definition) is 1. The van der Waals surface area contributed by atoms with E-state index >= 15 is 0 Å². The highest BCUT2D eigenvalue weighted by Crippen LogP contribution is 2.31. The van der Waals surface area contributed by atoms with Gasteiger partial charge in [0.05, 0.1) is 10.2 Å². The number of nitrogens with one attached hydrogen (secondary N) is 1. The molecule has 0 unspecified atom stereocenters. The van der Waals surface area contributed by atoms with Crippen LogP contribution in [0.2, 0.25) is 0 Å². The average Bonchev–Trinajstić information content (AvgIpc) is 3.32. The number of amides is 1. The van der Waals surface area contributed by atoms with Gasteiger partial charge < -0.3 is 5.32 Å². The number of nitrogens with zero attached hydrogens (tertiary/aromatic N) is 2. The molecule has 1 N–H and O–H groups in total. The molecule has 1 aliphatic rings. The lowest BCUT2D eigenvalue weighted by Gasteiger charge is -2.32. The number of piperidine rings is 1. The number of sulfonamides is 1. The second kappa shape index (κ2) is 7.55. The molecule has 3 aromatic rings. The smallest absolute Gasteiger partial charge is 0.253 e. The monoisotopic (exact) mass is 435 g/mol. The van der Waals surface area contributed by atoms with E-state index in [-0.39, 0.29) is 10.1 Å². The predicted molar refractivity (Wildman–Crippen MR) is 114 cm³/mol. The lowest BCUT2D eigenvalue weighted by molar-refractivity contribution is -0.120. The van der Waals surface area contributed by atoms with Crippen LogP contribution < -0.4 is 5.32 Å². The van der Waals surface area contributed by atoms with Crippen LogP contribution in [0, 0.1) is 13.8 Å². The van der Waals surface area contributed by atoms with Crippen molar-refractivity contribution in [2.75, 3.05) is 11.9 Å². The van der Waals surface area contributed by atoms with Crippen molar-refractivity contribution in [3.05, 3.63) is 40.8 Å². The fourth-order valence-electron chi connectivity index (χ4n) is 3.59. The maximum absolute atomic E-state index is 13.0. The molecule has 3 heterocycles. The molecule has 0 bridgehead atoms. The van der Waals surface area contributed by atoms with Crippen molar-refractivity contribution < 1.29 is 13.2 Å². The molecule has 6 nitrogen and oxygen atoms in total. The van der Waals surface area contributed by atoms with Gasteiger partial charge in [0.2, 0.25) is 5.91 Å². The summed E-state index contributed by atoms with van der Waals surface area (Å²) in [5.74, 6) is -0.312. The summed E-state index contributed by atoms with van der Waals surface area (Å²) in [6.45, 7) is 4.38. The number of fused-ring (bicyclic) bond motifs is 1. The minimum absolute atomic E-state index is 0.276. The summed E-state index contributed by atoms with van der Waals surface area (Å²) in [6, 6.07) is 6.69. The number of rotatable bonds is 4. The maximum atomic E-state index is 13.0. The fraction of sp³-hybridized carbons (Fsp3) is 0.368. The summed E-state index contributed by atoms with van der Waals surface area (Å²) < 4.78 is 28.6. The van der Waals surface area contributed by atoms with Crippen molar-refractivity contribution in [1.82, 2.24) is 9.29 Å². The third-order valence-corrected chi connectivity index (χ3v) is 9.07. The molecular weight excluding hydrogens is 414 g/mol. The standard InChI is InChI=1S/C19H21N3O3S3/c1-12-10-13(2)17-15(11-12)27-19(20-17)21-18(23)14-6-3-4-8-22(14)28(24,25)16-7-5-9-26-16/h5,7,9-11,14H,3-4,6,8H2,1-2H3,(H,20,21,23)/t14-/m1/s1. The number of thiazole rings is 1. The summed E-state index contributed by atoms with van der Waals surface area (Å²) in [5.41, 5.74) is 3.08. The number of carbonyl (C=O) groups excluding carboxylic acids is 1. The molecule has 0 saturated carbocycles. The van der Waals surface area contributed by atoms with Gasteiger partial charge in [0, 0.05) is 6.54 Å². The van der Waals surface area contributed by atoms with E-state index in [1.165, 1.54) is 27.0 Å². The number of aromatic nitrogens is 1. The van der Waals surface area contributed by atoms with Crippen LogP contribution in [0.25, 0.3) is 10.2 Å². The van der Waals surface area contributed by atoms with Gasteiger partial charge in [0.15, 0.2) is 5.13 Å². The Bertz CT molecular complexity index is 1120. The number of thiophene rings is 1. The predicted octanol–water partition coefficient (Wildman–Crippen LogP) is 4.16. The minimum atomic E-state index is -3.67. The Labute approximate surface area is 172 Å². The number of hydrogen-bond acceptors (Lipinski definition) is 6. The molecule has 28 heavy (non-hydrogen) atoms. The summed E-state index contributed by atoms with van der Waals surface area (Å²) in [6.07, 6.45) is 2.10. The highest BCUT2D eigenvalue weighted by molar-refractivity contribution is 7.91. The van der Waals surface area contributed by atoms with Gasteiger partial charge in [0.25, 0.3) is 10.0 Å². The number of aryl methyl sites for hydroxylation is 2. The molecule has 1 atom stereocenters. The van der Waals surface area contributed by atoms with E-state index in [9.17, 15) is 13.2 Å². The first kappa shape index (κ1) is 19.5. The molecule has 9 heteroatoms. The van der Waals surface area contributed by atoms with E-state index in [0.29, 0.717) is 18.1 Å². The SMILES string of the molecule is Cc1cc(C)c2nc(NC(=O)[C@H]3CCCCN3S(=O)(=O)c3cccs3)sc2c1. The number of benzene rings is 1. The first-order valence-corrected chi connectivity index (χ1v) is 12.2. The van der Waals surface area contributed by atoms with Crippen molar-refractivity contribution in [2.45, 2.75) is 43.4 Å². The van der Waals surface area contributed by atoms with Gasteiger partial charge in [-0.25, -0.2) is 13.4 Å². The molecule has 0 spiro atoms. The van der Waals surface area contributed by atoms with E-state index in [4.69, 9.17) is 0 Å². The molecule has 2 aromatic heterocycles. The Balaban J connectivity index is 1.60. The van der Waals surface area contributed by atoms with E-state index in [0.717, 1.165) is 34.2 Å². The molecule has 1 aromatic carbocycles. The van der Waals surface area contributed by atoms with Gasteiger partial charge >= 0.3 is 0 Å². The number of anilines is 1. The first-order valence-electron chi connectivity index (χ1n) is 9.10. The van der Waals surface area contributed by atoms with Crippen LogP contribution in [0.5, 0.6) is 0 Å². The maximum Gasteiger partial charge on any atom is 0.253 e. The Morgan fingerprint density at radius 3 is 2.86 bits per heavy atom. The third-order valence-electron chi connectivity index (χ3n) is 4.87. The van der Waals surface area contributed by atoms with Crippen LogP contribution in [0.3, 0.4) is 0 Å². The largest absolute Gasteiger partial charge is 0.301 e. The molecule has 1 aliphatic heterocycles. The second-order valence-electron chi connectivity index (χ2n) is 7.00. The quantitative estimate of drug-likeness (QED) is 0.667. The van der Waals surface area contributed by atoms with Gasteiger partial charge in [-0.1, -0.05) is 29.9 Å². The Kier molecular flexibility index (Phi) is 5.26. The fourth-order valence-corrected chi connectivity index (χ4v) is 7.41. The normalized spacial score (nSPS) is 18.4. The topological polar surface area (TPSA) is 79.4 Å². The van der Waals surface area contributed by atoms with Crippen molar-refractivity contribution in [3.63, 3.8) is 0 Å².